The van der Waals surface area contributed by atoms with Crippen LogP contribution in [-0.4, -0.2) is 35.1 Å². The highest BCUT2D eigenvalue weighted by atomic mass is 16.5. The molecule has 4 rings (SSSR count). The van der Waals surface area contributed by atoms with Crippen molar-refractivity contribution in [1.29, 1.82) is 0 Å². The lowest BCUT2D eigenvalue weighted by atomic mass is 10.0. The van der Waals surface area contributed by atoms with Crippen LogP contribution in [0, 0.1) is 5.92 Å². The molecule has 0 spiro atoms. The first-order valence-electron chi connectivity index (χ1n) is 11.2. The second kappa shape index (κ2) is 9.17. The molecule has 1 aliphatic heterocycles. The van der Waals surface area contributed by atoms with Crippen LogP contribution in [0.25, 0.3) is 10.9 Å². The minimum atomic E-state index is -0.305. The minimum absolute atomic E-state index is 0.0316. The highest BCUT2D eigenvalue weighted by Crippen LogP contribution is 2.27. The van der Waals surface area contributed by atoms with E-state index >= 15 is 0 Å². The monoisotopic (exact) mass is 433 g/mol. The Labute approximate surface area is 188 Å². The molecule has 3 aromatic rings. The van der Waals surface area contributed by atoms with Crippen molar-refractivity contribution in [3.8, 4) is 0 Å². The highest BCUT2D eigenvalue weighted by molar-refractivity contribution is 6.00. The fraction of sp³-hybridized carbons (Fsp3) is 0.385. The van der Waals surface area contributed by atoms with Gasteiger partial charge in [-0.3, -0.25) is 9.59 Å². The third-order valence-electron chi connectivity index (χ3n) is 6.03. The number of rotatable bonds is 7. The molecule has 0 radical (unpaired) electrons. The van der Waals surface area contributed by atoms with Crippen molar-refractivity contribution in [2.45, 2.75) is 45.8 Å². The number of aromatic nitrogens is 1. The number of carbonyl (C=O) groups excluding carboxylic acids is 2. The molecule has 1 unspecified atom stereocenters. The first-order chi connectivity index (χ1) is 15.3. The molecule has 1 atom stereocenters. The quantitative estimate of drug-likeness (QED) is 0.573. The molecule has 2 N–H and O–H groups in total. The number of anilines is 1. The van der Waals surface area contributed by atoms with Crippen LogP contribution in [0.1, 0.15) is 49.7 Å². The summed E-state index contributed by atoms with van der Waals surface area (Å²) in [5.41, 5.74) is 3.08. The maximum Gasteiger partial charge on any atom is 0.268 e. The van der Waals surface area contributed by atoms with Gasteiger partial charge in [-0.25, -0.2) is 0 Å². The molecule has 1 saturated heterocycles. The van der Waals surface area contributed by atoms with Crippen molar-refractivity contribution in [3.63, 3.8) is 0 Å². The van der Waals surface area contributed by atoms with Crippen LogP contribution in [0.3, 0.4) is 0 Å². The van der Waals surface area contributed by atoms with E-state index in [9.17, 15) is 9.59 Å². The molecule has 6 nitrogen and oxygen atoms in total. The third-order valence-corrected chi connectivity index (χ3v) is 6.03. The van der Waals surface area contributed by atoms with Gasteiger partial charge < -0.3 is 19.9 Å². The summed E-state index contributed by atoms with van der Waals surface area (Å²) in [5, 5.41) is 6.93. The predicted octanol–water partition coefficient (Wildman–Crippen LogP) is 4.58. The fourth-order valence-electron chi connectivity index (χ4n) is 4.09. The number of hydrogen-bond acceptors (Lipinski definition) is 3. The Kier molecular flexibility index (Phi) is 6.33. The molecule has 0 aliphatic carbocycles. The Morgan fingerprint density at radius 1 is 1.12 bits per heavy atom. The molecule has 0 saturated carbocycles. The van der Waals surface area contributed by atoms with E-state index < -0.39 is 0 Å². The van der Waals surface area contributed by atoms with Crippen molar-refractivity contribution in [2.24, 2.45) is 5.92 Å². The molecule has 0 bridgehead atoms. The van der Waals surface area contributed by atoms with E-state index in [1.807, 2.05) is 67.8 Å². The summed E-state index contributed by atoms with van der Waals surface area (Å²) >= 11 is 0. The van der Waals surface area contributed by atoms with Crippen LogP contribution in [0.4, 0.5) is 5.69 Å². The lowest BCUT2D eigenvalue weighted by Crippen LogP contribution is -2.40. The smallest absolute Gasteiger partial charge is 0.268 e. The summed E-state index contributed by atoms with van der Waals surface area (Å²) in [6, 6.07) is 17.8. The molecular formula is C26H31N3O3. The number of carbonyl (C=O) groups is 2. The van der Waals surface area contributed by atoms with E-state index in [1.165, 1.54) is 0 Å². The summed E-state index contributed by atoms with van der Waals surface area (Å²) in [6.07, 6.45) is 1.96. The van der Waals surface area contributed by atoms with Gasteiger partial charge in [0.25, 0.3) is 5.91 Å². The average molecular weight is 434 g/mol. The van der Waals surface area contributed by atoms with Crippen LogP contribution in [0.2, 0.25) is 0 Å². The largest absolute Gasteiger partial charge is 0.373 e. The number of ether oxygens (including phenoxy) is 1. The van der Waals surface area contributed by atoms with E-state index in [2.05, 4.69) is 22.8 Å². The zero-order valence-corrected chi connectivity index (χ0v) is 19.0. The second-order valence-electron chi connectivity index (χ2n) is 9.10. The van der Waals surface area contributed by atoms with Crippen molar-refractivity contribution >= 4 is 28.4 Å². The maximum absolute atomic E-state index is 13.2. The number of benzene rings is 2. The summed E-state index contributed by atoms with van der Waals surface area (Å²) < 4.78 is 7.86. The number of nitrogens with zero attached hydrogens (tertiary/aromatic N) is 1. The molecule has 2 heterocycles. The summed E-state index contributed by atoms with van der Waals surface area (Å²) in [5.74, 6) is -0.258. The molecule has 2 amide bonds. The van der Waals surface area contributed by atoms with Gasteiger partial charge in [-0.15, -0.1) is 0 Å². The summed E-state index contributed by atoms with van der Waals surface area (Å²) in [6.45, 7) is 7.57. The number of amides is 2. The molecule has 1 fully saturated rings. The second-order valence-corrected chi connectivity index (χ2v) is 9.10. The van der Waals surface area contributed by atoms with Crippen LogP contribution >= 0.6 is 0 Å². The van der Waals surface area contributed by atoms with Gasteiger partial charge in [-0.2, -0.15) is 0 Å². The van der Waals surface area contributed by atoms with Crippen LogP contribution < -0.4 is 10.6 Å². The third kappa shape index (κ3) is 4.86. The first kappa shape index (κ1) is 22.1. The topological polar surface area (TPSA) is 72.4 Å². The van der Waals surface area contributed by atoms with Crippen molar-refractivity contribution < 1.29 is 14.3 Å². The van der Waals surface area contributed by atoms with Gasteiger partial charge in [-0.05, 0) is 49.6 Å². The summed E-state index contributed by atoms with van der Waals surface area (Å²) in [4.78, 5) is 25.3. The lowest BCUT2D eigenvalue weighted by molar-refractivity contribution is -0.118. The molecule has 168 valence electrons. The van der Waals surface area contributed by atoms with Crippen LogP contribution in [-0.2, 0) is 16.1 Å². The molecule has 1 aliphatic rings. The van der Waals surface area contributed by atoms with Gasteiger partial charge in [0.1, 0.15) is 5.69 Å². The van der Waals surface area contributed by atoms with Crippen molar-refractivity contribution in [3.05, 3.63) is 65.9 Å². The Morgan fingerprint density at radius 2 is 1.91 bits per heavy atom. The lowest BCUT2D eigenvalue weighted by Gasteiger charge is -2.23. The fourth-order valence-corrected chi connectivity index (χ4v) is 4.09. The van der Waals surface area contributed by atoms with Gasteiger partial charge >= 0.3 is 0 Å². The number of nitrogens with one attached hydrogen (secondary N) is 2. The molecule has 32 heavy (non-hydrogen) atoms. The van der Waals surface area contributed by atoms with E-state index in [0.29, 0.717) is 18.8 Å². The normalized spacial score (nSPS) is 18.2. The Hall–Kier alpha value is -3.12. The van der Waals surface area contributed by atoms with Gasteiger partial charge in [0.05, 0.1) is 5.60 Å². The molecular weight excluding hydrogens is 402 g/mol. The molecule has 1 aromatic heterocycles. The average Bonchev–Trinajstić information content (AvgIpc) is 3.37. The zero-order valence-electron chi connectivity index (χ0n) is 19.0. The van der Waals surface area contributed by atoms with Crippen LogP contribution in [0.15, 0.2) is 54.6 Å². The first-order valence-corrected chi connectivity index (χ1v) is 11.2. The predicted molar refractivity (Wildman–Crippen MR) is 127 cm³/mol. The van der Waals surface area contributed by atoms with Crippen molar-refractivity contribution in [1.82, 2.24) is 9.88 Å². The highest BCUT2D eigenvalue weighted by Gasteiger charge is 2.30. The zero-order chi connectivity index (χ0) is 22.7. The maximum atomic E-state index is 13.2. The van der Waals surface area contributed by atoms with E-state index in [0.717, 1.165) is 41.6 Å². The van der Waals surface area contributed by atoms with E-state index in [4.69, 9.17) is 4.74 Å². The minimum Gasteiger partial charge on any atom is -0.373 e. The number of hydrogen-bond donors (Lipinski definition) is 2. The van der Waals surface area contributed by atoms with Crippen LogP contribution in [0.5, 0.6) is 0 Å². The Balaban J connectivity index is 1.65. The molecule has 2 aromatic carbocycles. The Bertz CT molecular complexity index is 1110. The standard InChI is InChI=1S/C26H31N3O3/c1-18(2)24(30)28-21-10-11-22-20(14-21)15-23(29(22)16-19-8-5-4-6-9-19)25(31)27-17-26(3)12-7-13-32-26/h4-6,8-11,14-15,18H,7,12-13,16-17H2,1-3H3,(H,27,31)(H,28,30). The summed E-state index contributed by atoms with van der Waals surface area (Å²) in [7, 11) is 0. The van der Waals surface area contributed by atoms with Gasteiger partial charge in [0, 0.05) is 42.2 Å². The van der Waals surface area contributed by atoms with Crippen molar-refractivity contribution in [2.75, 3.05) is 18.5 Å². The van der Waals surface area contributed by atoms with Gasteiger partial charge in [0.15, 0.2) is 0 Å². The SMILES string of the molecule is CC(C)C(=O)Nc1ccc2c(c1)cc(C(=O)NCC1(C)CCCO1)n2Cc1ccccc1. The number of fused-ring (bicyclic) bond motifs is 1. The molecule has 6 heteroatoms. The van der Waals surface area contributed by atoms with Gasteiger partial charge in [-0.1, -0.05) is 44.2 Å². The van der Waals surface area contributed by atoms with E-state index in [1.54, 1.807) is 0 Å². The Morgan fingerprint density at radius 3 is 2.59 bits per heavy atom. The van der Waals surface area contributed by atoms with Gasteiger partial charge in [0.2, 0.25) is 5.91 Å². The van der Waals surface area contributed by atoms with E-state index in [-0.39, 0.29) is 23.3 Å².